The molecule has 16 heavy (non-hydrogen) atoms. The molecule has 0 fully saturated rings. The Bertz CT molecular complexity index is 468. The van der Waals surface area contributed by atoms with E-state index < -0.39 is 0 Å². The van der Waals surface area contributed by atoms with Crippen molar-refractivity contribution < 1.29 is 4.74 Å². The number of aromatic nitrogens is 4. The first-order valence-corrected chi connectivity index (χ1v) is 4.92. The van der Waals surface area contributed by atoms with E-state index in [2.05, 4.69) is 15.5 Å². The van der Waals surface area contributed by atoms with Gasteiger partial charge in [-0.15, -0.1) is 5.10 Å². The summed E-state index contributed by atoms with van der Waals surface area (Å²) in [6, 6.07) is 7.47. The van der Waals surface area contributed by atoms with Crippen LogP contribution >= 0.6 is 0 Å². The lowest BCUT2D eigenvalue weighted by Crippen LogP contribution is -2.07. The zero-order chi connectivity index (χ0) is 11.4. The van der Waals surface area contributed by atoms with Crippen LogP contribution in [0, 0.1) is 0 Å². The lowest BCUT2D eigenvalue weighted by atomic mass is 10.2. The van der Waals surface area contributed by atoms with Gasteiger partial charge in [0.05, 0.1) is 13.2 Å². The van der Waals surface area contributed by atoms with Crippen LogP contribution in [0.2, 0.25) is 0 Å². The van der Waals surface area contributed by atoms with E-state index in [0.717, 1.165) is 5.56 Å². The van der Waals surface area contributed by atoms with Gasteiger partial charge in [0.2, 0.25) is 0 Å². The normalized spacial score (nSPS) is 10.6. The van der Waals surface area contributed by atoms with Crippen LogP contribution in [0.3, 0.4) is 0 Å². The summed E-state index contributed by atoms with van der Waals surface area (Å²) in [5.74, 6) is 0.698. The number of ether oxygens (including phenoxy) is 1. The summed E-state index contributed by atoms with van der Waals surface area (Å²) in [6.07, 6.45) is 0. The number of methoxy groups -OCH3 is 1. The van der Waals surface area contributed by atoms with Crippen LogP contribution in [0.5, 0.6) is 0 Å². The molecule has 0 aliphatic heterocycles. The molecule has 0 atom stereocenters. The van der Waals surface area contributed by atoms with Crippen LogP contribution in [0.1, 0.15) is 0 Å². The smallest absolute Gasteiger partial charge is 0.182 e. The van der Waals surface area contributed by atoms with Crippen LogP contribution in [0.25, 0.3) is 11.4 Å². The highest BCUT2D eigenvalue weighted by atomic mass is 16.5. The Kier molecular flexibility index (Phi) is 3.11. The Morgan fingerprint density at radius 2 is 2.31 bits per heavy atom. The van der Waals surface area contributed by atoms with E-state index in [0.29, 0.717) is 24.7 Å². The molecule has 0 saturated heterocycles. The van der Waals surface area contributed by atoms with Crippen molar-refractivity contribution in [3.63, 3.8) is 0 Å². The van der Waals surface area contributed by atoms with Crippen LogP contribution in [0.4, 0.5) is 5.69 Å². The second-order valence-corrected chi connectivity index (χ2v) is 3.34. The first kappa shape index (κ1) is 10.6. The zero-order valence-corrected chi connectivity index (χ0v) is 9.00. The van der Waals surface area contributed by atoms with Crippen molar-refractivity contribution >= 4 is 5.69 Å². The molecule has 0 spiro atoms. The van der Waals surface area contributed by atoms with Crippen molar-refractivity contribution in [2.24, 2.45) is 0 Å². The SMILES string of the molecule is COCCn1nnnc1-c1cccc(N)c1. The third-order valence-electron chi connectivity index (χ3n) is 2.18. The van der Waals surface area contributed by atoms with E-state index in [-0.39, 0.29) is 0 Å². The fourth-order valence-corrected chi connectivity index (χ4v) is 1.42. The molecule has 6 heteroatoms. The lowest BCUT2D eigenvalue weighted by molar-refractivity contribution is 0.183. The minimum absolute atomic E-state index is 0.570. The molecule has 6 nitrogen and oxygen atoms in total. The number of anilines is 1. The minimum atomic E-state index is 0.570. The van der Waals surface area contributed by atoms with Crippen LogP contribution in [-0.2, 0) is 11.3 Å². The quantitative estimate of drug-likeness (QED) is 0.760. The maximum absolute atomic E-state index is 5.71. The molecule has 1 aromatic carbocycles. The monoisotopic (exact) mass is 219 g/mol. The molecule has 0 aliphatic rings. The molecule has 2 rings (SSSR count). The molecule has 0 saturated carbocycles. The number of hydrogen-bond donors (Lipinski definition) is 1. The van der Waals surface area contributed by atoms with Gasteiger partial charge in [-0.1, -0.05) is 12.1 Å². The topological polar surface area (TPSA) is 78.8 Å². The molecule has 2 aromatic rings. The Hall–Kier alpha value is -1.95. The number of nitrogen functional groups attached to an aromatic ring is 1. The third-order valence-corrected chi connectivity index (χ3v) is 2.18. The van der Waals surface area contributed by atoms with Gasteiger partial charge in [0.1, 0.15) is 0 Å². The molecule has 0 amide bonds. The van der Waals surface area contributed by atoms with Gasteiger partial charge in [0.15, 0.2) is 5.82 Å². The van der Waals surface area contributed by atoms with Crippen LogP contribution in [-0.4, -0.2) is 33.9 Å². The third kappa shape index (κ3) is 2.17. The Morgan fingerprint density at radius 1 is 1.44 bits per heavy atom. The van der Waals surface area contributed by atoms with Crippen molar-refractivity contribution in [3.8, 4) is 11.4 Å². The summed E-state index contributed by atoms with van der Waals surface area (Å²) in [4.78, 5) is 0. The first-order chi connectivity index (χ1) is 7.81. The number of hydrogen-bond acceptors (Lipinski definition) is 5. The number of nitrogens with two attached hydrogens (primary N) is 1. The average Bonchev–Trinajstić information content (AvgIpc) is 2.74. The lowest BCUT2D eigenvalue weighted by Gasteiger charge is -2.04. The van der Waals surface area contributed by atoms with Crippen LogP contribution in [0.15, 0.2) is 24.3 Å². The summed E-state index contributed by atoms with van der Waals surface area (Å²) < 4.78 is 6.68. The van der Waals surface area contributed by atoms with Crippen molar-refractivity contribution in [2.45, 2.75) is 6.54 Å². The Morgan fingerprint density at radius 3 is 3.06 bits per heavy atom. The Balaban J connectivity index is 2.29. The average molecular weight is 219 g/mol. The van der Waals surface area contributed by atoms with E-state index >= 15 is 0 Å². The van der Waals surface area contributed by atoms with Gasteiger partial charge < -0.3 is 10.5 Å². The maximum atomic E-state index is 5.71. The van der Waals surface area contributed by atoms with E-state index in [9.17, 15) is 0 Å². The highest BCUT2D eigenvalue weighted by Gasteiger charge is 2.08. The molecule has 2 N–H and O–H groups in total. The molecule has 1 heterocycles. The van der Waals surface area contributed by atoms with Crippen molar-refractivity contribution in [1.29, 1.82) is 0 Å². The van der Waals surface area contributed by atoms with Gasteiger partial charge in [-0.25, -0.2) is 4.68 Å². The summed E-state index contributed by atoms with van der Waals surface area (Å²) >= 11 is 0. The molecule has 84 valence electrons. The zero-order valence-electron chi connectivity index (χ0n) is 9.00. The maximum Gasteiger partial charge on any atom is 0.182 e. The fourth-order valence-electron chi connectivity index (χ4n) is 1.42. The molecule has 0 radical (unpaired) electrons. The fraction of sp³-hybridized carbons (Fsp3) is 0.300. The second-order valence-electron chi connectivity index (χ2n) is 3.34. The van der Waals surface area contributed by atoms with Gasteiger partial charge in [-0.2, -0.15) is 0 Å². The highest BCUT2D eigenvalue weighted by molar-refractivity contribution is 5.60. The predicted octanol–water partition coefficient (Wildman–Crippen LogP) is 0.569. The minimum Gasteiger partial charge on any atom is -0.399 e. The van der Waals surface area contributed by atoms with Gasteiger partial charge >= 0.3 is 0 Å². The van der Waals surface area contributed by atoms with Crippen LogP contribution < -0.4 is 5.73 Å². The van der Waals surface area contributed by atoms with E-state index in [1.54, 1.807) is 11.8 Å². The van der Waals surface area contributed by atoms with Gasteiger partial charge in [-0.05, 0) is 22.6 Å². The summed E-state index contributed by atoms with van der Waals surface area (Å²) in [5.41, 5.74) is 7.31. The molecule has 0 bridgehead atoms. The van der Waals surface area contributed by atoms with E-state index in [4.69, 9.17) is 10.5 Å². The van der Waals surface area contributed by atoms with Crippen molar-refractivity contribution in [1.82, 2.24) is 20.2 Å². The molecule has 0 unspecified atom stereocenters. The highest BCUT2D eigenvalue weighted by Crippen LogP contribution is 2.17. The first-order valence-electron chi connectivity index (χ1n) is 4.92. The molecule has 1 aromatic heterocycles. The summed E-state index contributed by atoms with van der Waals surface area (Å²) in [5, 5.41) is 11.5. The Labute approximate surface area is 93.0 Å². The predicted molar refractivity (Wildman–Crippen MR) is 59.5 cm³/mol. The summed E-state index contributed by atoms with van der Waals surface area (Å²) in [7, 11) is 1.64. The number of rotatable bonds is 4. The number of benzene rings is 1. The largest absolute Gasteiger partial charge is 0.399 e. The molecule has 0 aliphatic carbocycles. The van der Waals surface area contributed by atoms with Gasteiger partial charge in [0, 0.05) is 18.4 Å². The van der Waals surface area contributed by atoms with E-state index in [1.165, 1.54) is 0 Å². The number of nitrogens with zero attached hydrogens (tertiary/aromatic N) is 4. The number of tetrazole rings is 1. The molecular weight excluding hydrogens is 206 g/mol. The van der Waals surface area contributed by atoms with E-state index in [1.807, 2.05) is 24.3 Å². The second kappa shape index (κ2) is 4.71. The molecular formula is C10H13N5O. The standard InChI is InChI=1S/C10H13N5O/c1-16-6-5-15-10(12-13-14-15)8-3-2-4-9(11)7-8/h2-4,7H,5-6,11H2,1H3. The van der Waals surface area contributed by atoms with Gasteiger partial charge in [-0.3, -0.25) is 0 Å². The summed E-state index contributed by atoms with van der Waals surface area (Å²) in [6.45, 7) is 1.19. The van der Waals surface area contributed by atoms with Crippen molar-refractivity contribution in [2.75, 3.05) is 19.5 Å². The van der Waals surface area contributed by atoms with Crippen molar-refractivity contribution in [3.05, 3.63) is 24.3 Å². The van der Waals surface area contributed by atoms with Gasteiger partial charge in [0.25, 0.3) is 0 Å².